The molecular weight excluding hydrogens is 267 g/mol. The number of hydrogen-bond donors (Lipinski definition) is 0. The van der Waals surface area contributed by atoms with Crippen LogP contribution in [0.5, 0.6) is 0 Å². The van der Waals surface area contributed by atoms with Gasteiger partial charge in [0.1, 0.15) is 6.04 Å². The van der Waals surface area contributed by atoms with E-state index < -0.39 is 22.8 Å². The van der Waals surface area contributed by atoms with Crippen LogP contribution < -0.4 is 4.90 Å². The molecule has 20 heavy (non-hydrogen) atoms. The van der Waals surface area contributed by atoms with E-state index in [1.807, 2.05) is 0 Å². The lowest BCUT2D eigenvalue weighted by atomic mass is 10.2. The standard InChI is InChI=1S/C13H17FN2O4/c1-8(2)20-13(17)9(3)15(4)12-6-5-10(16(18)19)7-11(12)14/h5-9H,1-4H3. The molecule has 0 heterocycles. The molecule has 0 bridgehead atoms. The van der Waals surface area contributed by atoms with Crippen LogP contribution in [-0.4, -0.2) is 30.1 Å². The van der Waals surface area contributed by atoms with Crippen molar-refractivity contribution in [2.24, 2.45) is 0 Å². The fraction of sp³-hybridized carbons (Fsp3) is 0.462. The van der Waals surface area contributed by atoms with Crippen LogP contribution >= 0.6 is 0 Å². The minimum absolute atomic E-state index is 0.101. The molecule has 1 unspecified atom stereocenters. The Labute approximate surface area is 116 Å². The second-order valence-corrected chi connectivity index (χ2v) is 4.67. The number of carbonyl (C=O) groups is 1. The number of hydrogen-bond acceptors (Lipinski definition) is 5. The van der Waals surface area contributed by atoms with Crippen LogP contribution in [0.3, 0.4) is 0 Å². The van der Waals surface area contributed by atoms with Gasteiger partial charge in [0, 0.05) is 13.1 Å². The highest BCUT2D eigenvalue weighted by atomic mass is 19.1. The molecule has 0 aliphatic carbocycles. The lowest BCUT2D eigenvalue weighted by molar-refractivity contribution is -0.385. The summed E-state index contributed by atoms with van der Waals surface area (Å²) in [5, 5.41) is 10.5. The lowest BCUT2D eigenvalue weighted by Crippen LogP contribution is -2.38. The van der Waals surface area contributed by atoms with Gasteiger partial charge in [-0.25, -0.2) is 9.18 Å². The normalized spacial score (nSPS) is 12.1. The number of rotatable bonds is 5. The number of nitro groups is 1. The molecule has 6 nitrogen and oxygen atoms in total. The first-order valence-corrected chi connectivity index (χ1v) is 6.11. The zero-order chi connectivity index (χ0) is 15.4. The summed E-state index contributed by atoms with van der Waals surface area (Å²) < 4.78 is 18.9. The van der Waals surface area contributed by atoms with Gasteiger partial charge >= 0.3 is 5.97 Å². The number of esters is 1. The summed E-state index contributed by atoms with van der Waals surface area (Å²) >= 11 is 0. The molecule has 0 spiro atoms. The maximum Gasteiger partial charge on any atom is 0.328 e. The van der Waals surface area contributed by atoms with Crippen molar-refractivity contribution in [3.8, 4) is 0 Å². The molecule has 0 amide bonds. The second kappa shape index (κ2) is 6.31. The summed E-state index contributed by atoms with van der Waals surface area (Å²) in [6.07, 6.45) is -0.264. The Morgan fingerprint density at radius 3 is 2.45 bits per heavy atom. The van der Waals surface area contributed by atoms with E-state index in [4.69, 9.17) is 4.74 Å². The van der Waals surface area contributed by atoms with Gasteiger partial charge in [0.15, 0.2) is 5.82 Å². The van der Waals surface area contributed by atoms with Crippen LogP contribution in [-0.2, 0) is 9.53 Å². The van der Waals surface area contributed by atoms with Crippen LogP contribution in [0, 0.1) is 15.9 Å². The van der Waals surface area contributed by atoms with Gasteiger partial charge in [-0.3, -0.25) is 10.1 Å². The third-order valence-corrected chi connectivity index (χ3v) is 2.80. The van der Waals surface area contributed by atoms with Gasteiger partial charge in [-0.15, -0.1) is 0 Å². The maximum atomic E-state index is 13.8. The monoisotopic (exact) mass is 284 g/mol. The first-order valence-electron chi connectivity index (χ1n) is 6.11. The topological polar surface area (TPSA) is 72.7 Å². The van der Waals surface area contributed by atoms with E-state index in [1.165, 1.54) is 24.1 Å². The van der Waals surface area contributed by atoms with Gasteiger partial charge < -0.3 is 9.64 Å². The predicted molar refractivity (Wildman–Crippen MR) is 72.1 cm³/mol. The highest BCUT2D eigenvalue weighted by Crippen LogP contribution is 2.24. The number of benzene rings is 1. The molecule has 0 radical (unpaired) electrons. The number of non-ortho nitro benzene ring substituents is 1. The summed E-state index contributed by atoms with van der Waals surface area (Å²) in [4.78, 5) is 23.0. The third-order valence-electron chi connectivity index (χ3n) is 2.80. The smallest absolute Gasteiger partial charge is 0.328 e. The van der Waals surface area contributed by atoms with Crippen LogP contribution in [0.15, 0.2) is 18.2 Å². The minimum Gasteiger partial charge on any atom is -0.461 e. The predicted octanol–water partition coefficient (Wildman–Crippen LogP) is 2.51. The number of anilines is 1. The molecular formula is C13H17FN2O4. The lowest BCUT2D eigenvalue weighted by Gasteiger charge is -2.26. The number of carbonyl (C=O) groups excluding carboxylic acids is 1. The van der Waals surface area contributed by atoms with Gasteiger partial charge in [0.25, 0.3) is 5.69 Å². The number of nitrogens with zero attached hydrogens (tertiary/aromatic N) is 2. The molecule has 7 heteroatoms. The van der Waals surface area contributed by atoms with Crippen LogP contribution in [0.4, 0.5) is 15.8 Å². The number of nitro benzene ring substituents is 1. The Morgan fingerprint density at radius 2 is 2.00 bits per heavy atom. The van der Waals surface area contributed by atoms with Crippen molar-refractivity contribution < 1.29 is 18.8 Å². The molecule has 0 saturated carbocycles. The number of likely N-dealkylation sites (N-methyl/N-ethyl adjacent to an activating group) is 1. The maximum absolute atomic E-state index is 13.8. The Hall–Kier alpha value is -2.18. The molecule has 0 N–H and O–H groups in total. The van der Waals surface area contributed by atoms with Crippen LogP contribution in [0.1, 0.15) is 20.8 Å². The summed E-state index contributed by atoms with van der Waals surface area (Å²) in [7, 11) is 1.52. The molecule has 1 aromatic carbocycles. The molecule has 0 aliphatic heterocycles. The number of halogens is 1. The third kappa shape index (κ3) is 3.66. The summed E-state index contributed by atoms with van der Waals surface area (Å²) in [6.45, 7) is 5.01. The molecule has 110 valence electrons. The van der Waals surface area contributed by atoms with E-state index in [2.05, 4.69) is 0 Å². The van der Waals surface area contributed by atoms with Gasteiger partial charge in [0.2, 0.25) is 0 Å². The van der Waals surface area contributed by atoms with Crippen LogP contribution in [0.25, 0.3) is 0 Å². The van der Waals surface area contributed by atoms with E-state index in [0.717, 1.165) is 6.07 Å². The van der Waals surface area contributed by atoms with E-state index in [1.54, 1.807) is 20.8 Å². The van der Waals surface area contributed by atoms with Gasteiger partial charge in [0.05, 0.1) is 22.8 Å². The van der Waals surface area contributed by atoms with Gasteiger partial charge in [-0.1, -0.05) is 0 Å². The highest BCUT2D eigenvalue weighted by molar-refractivity contribution is 5.79. The summed E-state index contributed by atoms with van der Waals surface area (Å²) in [5.41, 5.74) is -0.235. The largest absolute Gasteiger partial charge is 0.461 e. The molecule has 1 rings (SSSR count). The Kier molecular flexibility index (Phi) is 5.01. The SMILES string of the molecule is CC(C)OC(=O)C(C)N(C)c1ccc([N+](=O)[O-])cc1F. The van der Waals surface area contributed by atoms with E-state index in [0.29, 0.717) is 0 Å². The second-order valence-electron chi connectivity index (χ2n) is 4.67. The van der Waals surface area contributed by atoms with Crippen molar-refractivity contribution in [1.29, 1.82) is 0 Å². The van der Waals surface area contributed by atoms with Crippen molar-refractivity contribution in [2.45, 2.75) is 32.9 Å². The molecule has 0 aliphatic rings. The number of ether oxygens (including phenoxy) is 1. The zero-order valence-corrected chi connectivity index (χ0v) is 11.8. The van der Waals surface area contributed by atoms with Crippen molar-refractivity contribution >= 4 is 17.3 Å². The first kappa shape index (κ1) is 15.9. The fourth-order valence-electron chi connectivity index (χ4n) is 1.59. The first-order chi connectivity index (χ1) is 9.23. The molecule has 0 fully saturated rings. The molecule has 0 aromatic heterocycles. The van der Waals surface area contributed by atoms with Crippen molar-refractivity contribution in [2.75, 3.05) is 11.9 Å². The van der Waals surface area contributed by atoms with Crippen molar-refractivity contribution in [3.63, 3.8) is 0 Å². The van der Waals surface area contributed by atoms with Gasteiger partial charge in [-0.2, -0.15) is 0 Å². The quantitative estimate of drug-likeness (QED) is 0.472. The Balaban J connectivity index is 2.94. The minimum atomic E-state index is -0.758. The molecule has 0 saturated heterocycles. The molecule has 1 aromatic rings. The average molecular weight is 284 g/mol. The van der Waals surface area contributed by atoms with Gasteiger partial charge in [-0.05, 0) is 26.8 Å². The highest BCUT2D eigenvalue weighted by Gasteiger charge is 2.23. The van der Waals surface area contributed by atoms with Crippen LogP contribution in [0.2, 0.25) is 0 Å². The zero-order valence-electron chi connectivity index (χ0n) is 11.8. The summed E-state index contributed by atoms with van der Waals surface area (Å²) in [6, 6.07) is 2.59. The molecule has 1 atom stereocenters. The Bertz CT molecular complexity index is 519. The van der Waals surface area contributed by atoms with E-state index in [-0.39, 0.29) is 17.5 Å². The average Bonchev–Trinajstić information content (AvgIpc) is 2.35. The Morgan fingerprint density at radius 1 is 1.40 bits per heavy atom. The van der Waals surface area contributed by atoms with E-state index in [9.17, 15) is 19.3 Å². The van der Waals surface area contributed by atoms with Crippen molar-refractivity contribution in [1.82, 2.24) is 0 Å². The summed E-state index contributed by atoms with van der Waals surface area (Å²) in [5.74, 6) is -1.24. The fourth-order valence-corrected chi connectivity index (χ4v) is 1.59. The van der Waals surface area contributed by atoms with E-state index >= 15 is 0 Å². The van der Waals surface area contributed by atoms with Crippen molar-refractivity contribution in [3.05, 3.63) is 34.1 Å².